The summed E-state index contributed by atoms with van der Waals surface area (Å²) in [6, 6.07) is 2.16. The van der Waals surface area contributed by atoms with Crippen molar-refractivity contribution in [3.05, 3.63) is 16.4 Å². The van der Waals surface area contributed by atoms with Crippen molar-refractivity contribution >= 4 is 11.6 Å². The summed E-state index contributed by atoms with van der Waals surface area (Å²) in [4.78, 5) is 0. The van der Waals surface area contributed by atoms with E-state index in [0.29, 0.717) is 16.6 Å². The zero-order chi connectivity index (χ0) is 11.2. The van der Waals surface area contributed by atoms with Crippen LogP contribution in [0, 0.1) is 11.3 Å². The maximum atomic E-state index is 9.07. The summed E-state index contributed by atoms with van der Waals surface area (Å²) < 4.78 is 1.75. The van der Waals surface area contributed by atoms with Gasteiger partial charge in [-0.05, 0) is 33.6 Å². The summed E-state index contributed by atoms with van der Waals surface area (Å²) in [5.74, 6) is 0.459. The first kappa shape index (κ1) is 10.5. The van der Waals surface area contributed by atoms with E-state index >= 15 is 0 Å². The Morgan fingerprint density at radius 1 is 1.47 bits per heavy atom. The Hall–Kier alpha value is -1.01. The molecule has 15 heavy (non-hydrogen) atoms. The Labute approximate surface area is 94.6 Å². The molecule has 0 atom stereocenters. The highest BCUT2D eigenvalue weighted by Crippen LogP contribution is 2.43. The van der Waals surface area contributed by atoms with E-state index in [1.54, 1.807) is 4.68 Å². The molecule has 4 heteroatoms. The number of aromatic nitrogens is 2. The average molecular weight is 224 g/mol. The van der Waals surface area contributed by atoms with Crippen LogP contribution in [-0.2, 0) is 5.54 Å². The van der Waals surface area contributed by atoms with Gasteiger partial charge in [0.25, 0.3) is 0 Å². The predicted molar refractivity (Wildman–Crippen MR) is 58.9 cm³/mol. The van der Waals surface area contributed by atoms with Crippen LogP contribution >= 0.6 is 11.6 Å². The van der Waals surface area contributed by atoms with Crippen LogP contribution < -0.4 is 0 Å². The molecule has 0 aliphatic heterocycles. The lowest BCUT2D eigenvalue weighted by molar-refractivity contribution is 0.354. The van der Waals surface area contributed by atoms with Crippen LogP contribution in [0.5, 0.6) is 0 Å². The summed E-state index contributed by atoms with van der Waals surface area (Å²) in [6.07, 6.45) is 2.26. The molecule has 1 aromatic heterocycles. The second-order valence-corrected chi connectivity index (χ2v) is 5.38. The zero-order valence-corrected chi connectivity index (χ0v) is 9.97. The van der Waals surface area contributed by atoms with E-state index < -0.39 is 0 Å². The molecule has 0 N–H and O–H groups in total. The molecule has 3 nitrogen and oxygen atoms in total. The molecule has 1 saturated carbocycles. The molecule has 1 aliphatic rings. The molecule has 0 unspecified atom stereocenters. The largest absolute Gasteiger partial charge is 0.247 e. The minimum atomic E-state index is -0.171. The number of hydrogen-bond acceptors (Lipinski definition) is 2. The molecule has 1 aliphatic carbocycles. The van der Waals surface area contributed by atoms with Crippen LogP contribution in [-0.4, -0.2) is 9.78 Å². The Balaban J connectivity index is 2.55. The van der Waals surface area contributed by atoms with Crippen LogP contribution in [0.1, 0.15) is 50.8 Å². The monoisotopic (exact) mass is 223 g/mol. The van der Waals surface area contributed by atoms with Gasteiger partial charge in [0.05, 0.1) is 11.2 Å². The highest BCUT2D eigenvalue weighted by molar-refractivity contribution is 6.30. The molecule has 0 radical (unpaired) electrons. The van der Waals surface area contributed by atoms with Gasteiger partial charge in [0.1, 0.15) is 16.8 Å². The van der Waals surface area contributed by atoms with Crippen molar-refractivity contribution in [2.75, 3.05) is 0 Å². The van der Waals surface area contributed by atoms with Crippen molar-refractivity contribution in [3.63, 3.8) is 0 Å². The van der Waals surface area contributed by atoms with Crippen molar-refractivity contribution < 1.29 is 0 Å². The van der Waals surface area contributed by atoms with Gasteiger partial charge in [-0.3, -0.25) is 0 Å². The molecule has 0 spiro atoms. The highest BCUT2D eigenvalue weighted by atomic mass is 35.5. The molecule has 1 aromatic rings. The van der Waals surface area contributed by atoms with Crippen LogP contribution in [0.4, 0.5) is 0 Å². The van der Waals surface area contributed by atoms with E-state index in [4.69, 9.17) is 16.9 Å². The van der Waals surface area contributed by atoms with Gasteiger partial charge in [-0.15, -0.1) is 0 Å². The first-order valence-corrected chi connectivity index (χ1v) is 5.52. The van der Waals surface area contributed by atoms with E-state index in [0.717, 1.165) is 18.5 Å². The minimum absolute atomic E-state index is 0.171. The standard InChI is InChI=1S/C11H14ClN3/c1-11(2,3)15-10(12)8(6-13)9(14-15)7-4-5-7/h7H,4-5H2,1-3H3. The number of halogens is 1. The summed E-state index contributed by atoms with van der Waals surface area (Å²) >= 11 is 6.16. The maximum Gasteiger partial charge on any atom is 0.145 e. The second-order valence-electron chi connectivity index (χ2n) is 5.02. The van der Waals surface area contributed by atoms with E-state index in [1.807, 2.05) is 20.8 Å². The highest BCUT2D eigenvalue weighted by Gasteiger charge is 2.33. The lowest BCUT2D eigenvalue weighted by Crippen LogP contribution is -2.23. The molecule has 0 aromatic carbocycles. The smallest absolute Gasteiger partial charge is 0.145 e. The molecule has 1 fully saturated rings. The minimum Gasteiger partial charge on any atom is -0.247 e. The normalized spacial score (nSPS) is 16.5. The van der Waals surface area contributed by atoms with Gasteiger partial charge >= 0.3 is 0 Å². The Morgan fingerprint density at radius 2 is 2.07 bits per heavy atom. The average Bonchev–Trinajstić information content (AvgIpc) is 2.88. The van der Waals surface area contributed by atoms with Crippen LogP contribution in [0.15, 0.2) is 0 Å². The van der Waals surface area contributed by atoms with Gasteiger partial charge in [-0.2, -0.15) is 10.4 Å². The first-order chi connectivity index (χ1) is 6.95. The van der Waals surface area contributed by atoms with Crippen molar-refractivity contribution in [3.8, 4) is 6.07 Å². The van der Waals surface area contributed by atoms with Crippen molar-refractivity contribution in [2.45, 2.75) is 45.1 Å². The van der Waals surface area contributed by atoms with E-state index in [1.165, 1.54) is 0 Å². The maximum absolute atomic E-state index is 9.07. The molecular weight excluding hydrogens is 210 g/mol. The third-order valence-corrected chi connectivity index (χ3v) is 2.92. The predicted octanol–water partition coefficient (Wildman–Crippen LogP) is 3.04. The number of nitrogens with zero attached hydrogens (tertiary/aromatic N) is 3. The fraction of sp³-hybridized carbons (Fsp3) is 0.636. The van der Waals surface area contributed by atoms with Crippen LogP contribution in [0.3, 0.4) is 0 Å². The molecule has 1 heterocycles. The SMILES string of the molecule is CC(C)(C)n1nc(C2CC2)c(C#N)c1Cl. The van der Waals surface area contributed by atoms with Gasteiger partial charge in [0, 0.05) is 5.92 Å². The zero-order valence-electron chi connectivity index (χ0n) is 9.21. The second kappa shape index (κ2) is 3.24. The van der Waals surface area contributed by atoms with Crippen LogP contribution in [0.25, 0.3) is 0 Å². The fourth-order valence-electron chi connectivity index (χ4n) is 1.60. The molecule has 0 bridgehead atoms. The van der Waals surface area contributed by atoms with Crippen LogP contribution in [0.2, 0.25) is 5.15 Å². The van der Waals surface area contributed by atoms with Gasteiger partial charge < -0.3 is 0 Å². The molecule has 2 rings (SSSR count). The molecular formula is C11H14ClN3. The Bertz CT molecular complexity index is 430. The van der Waals surface area contributed by atoms with E-state index in [-0.39, 0.29) is 5.54 Å². The quantitative estimate of drug-likeness (QED) is 0.734. The number of rotatable bonds is 1. The molecule has 0 saturated heterocycles. The third-order valence-electron chi connectivity index (χ3n) is 2.57. The Kier molecular flexibility index (Phi) is 2.27. The van der Waals surface area contributed by atoms with Crippen molar-refractivity contribution in [1.82, 2.24) is 9.78 Å². The summed E-state index contributed by atoms with van der Waals surface area (Å²) in [6.45, 7) is 6.09. The number of hydrogen-bond donors (Lipinski definition) is 0. The van der Waals surface area contributed by atoms with Crippen molar-refractivity contribution in [2.24, 2.45) is 0 Å². The number of nitriles is 1. The third kappa shape index (κ3) is 1.74. The van der Waals surface area contributed by atoms with Crippen molar-refractivity contribution in [1.29, 1.82) is 5.26 Å². The summed E-state index contributed by atoms with van der Waals surface area (Å²) in [5.41, 5.74) is 1.28. The molecule has 0 amide bonds. The van der Waals surface area contributed by atoms with Gasteiger partial charge in [0.2, 0.25) is 0 Å². The fourth-order valence-corrected chi connectivity index (χ4v) is 2.03. The Morgan fingerprint density at radius 3 is 2.47 bits per heavy atom. The van der Waals surface area contributed by atoms with Gasteiger partial charge in [-0.1, -0.05) is 11.6 Å². The topological polar surface area (TPSA) is 41.6 Å². The summed E-state index contributed by atoms with van der Waals surface area (Å²) in [7, 11) is 0. The molecule has 80 valence electrons. The van der Waals surface area contributed by atoms with Gasteiger partial charge in [0.15, 0.2) is 0 Å². The van der Waals surface area contributed by atoms with E-state index in [2.05, 4.69) is 11.2 Å². The van der Waals surface area contributed by atoms with E-state index in [9.17, 15) is 0 Å². The summed E-state index contributed by atoms with van der Waals surface area (Å²) in [5, 5.41) is 14.0. The first-order valence-electron chi connectivity index (χ1n) is 5.14. The van der Waals surface area contributed by atoms with Gasteiger partial charge in [-0.25, -0.2) is 4.68 Å². The lowest BCUT2D eigenvalue weighted by Gasteiger charge is -2.20. The lowest BCUT2D eigenvalue weighted by atomic mass is 10.1.